The molecule has 2 N–H and O–H groups in total. The van der Waals surface area contributed by atoms with Gasteiger partial charge in [0.1, 0.15) is 0 Å². The molecule has 0 radical (unpaired) electrons. The summed E-state index contributed by atoms with van der Waals surface area (Å²) in [5.41, 5.74) is 0.898. The summed E-state index contributed by atoms with van der Waals surface area (Å²) in [6, 6.07) is 9.58. The van der Waals surface area contributed by atoms with Crippen molar-refractivity contribution in [3.63, 3.8) is 0 Å². The van der Waals surface area contributed by atoms with Crippen LogP contribution in [0.4, 0.5) is 0 Å². The normalized spacial score (nSPS) is 22.6. The molecule has 0 aromatic heterocycles. The van der Waals surface area contributed by atoms with Crippen molar-refractivity contribution < 1.29 is 9.90 Å². The molecule has 1 fully saturated rings. The van der Waals surface area contributed by atoms with E-state index in [1.165, 1.54) is 0 Å². The van der Waals surface area contributed by atoms with Gasteiger partial charge in [0.2, 0.25) is 0 Å². The topological polar surface area (TPSA) is 49.3 Å². The quantitative estimate of drug-likeness (QED) is 0.817. The van der Waals surface area contributed by atoms with Gasteiger partial charge in [-0.3, -0.25) is 4.79 Å². The van der Waals surface area contributed by atoms with E-state index in [0.29, 0.717) is 0 Å². The lowest BCUT2D eigenvalue weighted by Crippen LogP contribution is -2.41. The number of benzene rings is 1. The summed E-state index contributed by atoms with van der Waals surface area (Å²) in [6.07, 6.45) is 3.22. The van der Waals surface area contributed by atoms with Crippen LogP contribution >= 0.6 is 0 Å². The van der Waals surface area contributed by atoms with Crippen molar-refractivity contribution in [2.75, 3.05) is 6.54 Å². The minimum absolute atomic E-state index is 0.0775. The molecular formula is C13H17NO2. The summed E-state index contributed by atoms with van der Waals surface area (Å²) >= 11 is 0. The largest absolute Gasteiger partial charge is 0.481 e. The number of carboxylic acid groups (broad SMARTS) is 1. The lowest BCUT2D eigenvalue weighted by atomic mass is 9.86. The second-order valence-corrected chi connectivity index (χ2v) is 4.28. The number of rotatable bonds is 3. The van der Waals surface area contributed by atoms with Gasteiger partial charge in [-0.25, -0.2) is 0 Å². The Morgan fingerprint density at radius 1 is 1.31 bits per heavy atom. The summed E-state index contributed by atoms with van der Waals surface area (Å²) < 4.78 is 0. The molecule has 2 atom stereocenters. The number of aliphatic carboxylic acids is 1. The van der Waals surface area contributed by atoms with Crippen molar-refractivity contribution >= 4 is 5.97 Å². The van der Waals surface area contributed by atoms with E-state index in [1.807, 2.05) is 30.3 Å². The molecule has 1 heterocycles. The predicted molar refractivity (Wildman–Crippen MR) is 62.5 cm³/mol. The van der Waals surface area contributed by atoms with E-state index >= 15 is 0 Å². The summed E-state index contributed by atoms with van der Waals surface area (Å²) in [6.45, 7) is 0.932. The second-order valence-electron chi connectivity index (χ2n) is 4.28. The molecule has 1 saturated heterocycles. The zero-order chi connectivity index (χ0) is 11.4. The second kappa shape index (κ2) is 5.12. The lowest BCUT2D eigenvalue weighted by Gasteiger charge is -2.29. The zero-order valence-corrected chi connectivity index (χ0v) is 9.23. The molecule has 1 aliphatic rings. The maximum atomic E-state index is 11.4. The smallest absolute Gasteiger partial charge is 0.312 e. The number of piperidine rings is 1. The Hall–Kier alpha value is -1.35. The van der Waals surface area contributed by atoms with Gasteiger partial charge in [0.05, 0.1) is 5.92 Å². The first-order valence-corrected chi connectivity index (χ1v) is 5.80. The molecule has 0 bridgehead atoms. The number of carbonyl (C=O) groups is 1. The molecule has 0 aliphatic carbocycles. The highest BCUT2D eigenvalue weighted by Gasteiger charge is 2.30. The standard InChI is InChI=1S/C13H17NO2/c15-13(16)12(10-6-2-1-3-7-10)11-8-4-5-9-14-11/h1-3,6-7,11-12,14H,4-5,8-9H2,(H,15,16)/t11?,12-/m0/s1. The molecule has 1 aromatic carbocycles. The zero-order valence-electron chi connectivity index (χ0n) is 9.23. The molecule has 0 spiro atoms. The van der Waals surface area contributed by atoms with Crippen molar-refractivity contribution in [2.24, 2.45) is 0 Å². The van der Waals surface area contributed by atoms with E-state index in [-0.39, 0.29) is 6.04 Å². The summed E-state index contributed by atoms with van der Waals surface area (Å²) in [5, 5.41) is 12.7. The molecular weight excluding hydrogens is 202 g/mol. The van der Waals surface area contributed by atoms with E-state index < -0.39 is 11.9 Å². The van der Waals surface area contributed by atoms with Crippen molar-refractivity contribution in [3.05, 3.63) is 35.9 Å². The number of nitrogens with one attached hydrogen (secondary N) is 1. The number of hydrogen-bond acceptors (Lipinski definition) is 2. The lowest BCUT2D eigenvalue weighted by molar-refractivity contribution is -0.139. The van der Waals surface area contributed by atoms with Gasteiger partial charge in [-0.2, -0.15) is 0 Å². The van der Waals surface area contributed by atoms with Crippen molar-refractivity contribution in [1.82, 2.24) is 5.32 Å². The maximum Gasteiger partial charge on any atom is 0.312 e. The molecule has 1 unspecified atom stereocenters. The van der Waals surface area contributed by atoms with Gasteiger partial charge in [0, 0.05) is 6.04 Å². The van der Waals surface area contributed by atoms with Crippen LogP contribution in [0.25, 0.3) is 0 Å². The Kier molecular flexibility index (Phi) is 3.57. The Bertz CT molecular complexity index is 344. The number of hydrogen-bond donors (Lipinski definition) is 2. The molecule has 0 saturated carbocycles. The van der Waals surface area contributed by atoms with E-state index in [2.05, 4.69) is 5.32 Å². The van der Waals surface area contributed by atoms with Crippen LogP contribution < -0.4 is 5.32 Å². The van der Waals surface area contributed by atoms with Gasteiger partial charge in [0.15, 0.2) is 0 Å². The highest BCUT2D eigenvalue weighted by Crippen LogP contribution is 2.25. The molecule has 3 heteroatoms. The fraction of sp³-hybridized carbons (Fsp3) is 0.462. The van der Waals surface area contributed by atoms with Crippen LogP contribution in [-0.2, 0) is 4.79 Å². The first-order chi connectivity index (χ1) is 7.79. The van der Waals surface area contributed by atoms with Gasteiger partial charge in [0.25, 0.3) is 0 Å². The van der Waals surface area contributed by atoms with Gasteiger partial charge in [-0.05, 0) is 24.9 Å². The predicted octanol–water partition coefficient (Wildman–Crippen LogP) is 2.00. The maximum absolute atomic E-state index is 11.4. The minimum atomic E-state index is -0.731. The molecule has 16 heavy (non-hydrogen) atoms. The van der Waals surface area contributed by atoms with Crippen LogP contribution in [0.5, 0.6) is 0 Å². The van der Waals surface area contributed by atoms with Crippen LogP contribution in [-0.4, -0.2) is 23.7 Å². The average molecular weight is 219 g/mol. The fourth-order valence-corrected chi connectivity index (χ4v) is 2.37. The van der Waals surface area contributed by atoms with Crippen molar-refractivity contribution in [1.29, 1.82) is 0 Å². The van der Waals surface area contributed by atoms with E-state index in [1.54, 1.807) is 0 Å². The highest BCUT2D eigenvalue weighted by atomic mass is 16.4. The first-order valence-electron chi connectivity index (χ1n) is 5.80. The molecule has 1 aromatic rings. The fourth-order valence-electron chi connectivity index (χ4n) is 2.37. The third kappa shape index (κ3) is 2.42. The van der Waals surface area contributed by atoms with E-state index in [0.717, 1.165) is 31.4 Å². The summed E-state index contributed by atoms with van der Waals surface area (Å²) in [7, 11) is 0. The highest BCUT2D eigenvalue weighted by molar-refractivity contribution is 5.77. The summed E-state index contributed by atoms with van der Waals surface area (Å²) in [5.74, 6) is -1.15. The van der Waals surface area contributed by atoms with Crippen LogP contribution in [0.3, 0.4) is 0 Å². The summed E-state index contributed by atoms with van der Waals surface area (Å²) in [4.78, 5) is 11.4. The van der Waals surface area contributed by atoms with Crippen molar-refractivity contribution in [3.8, 4) is 0 Å². The Morgan fingerprint density at radius 3 is 2.62 bits per heavy atom. The Morgan fingerprint density at radius 2 is 2.06 bits per heavy atom. The van der Waals surface area contributed by atoms with Gasteiger partial charge in [-0.15, -0.1) is 0 Å². The Balaban J connectivity index is 2.20. The SMILES string of the molecule is O=C(O)[C@@H](c1ccccc1)C1CCCCN1. The van der Waals surface area contributed by atoms with E-state index in [4.69, 9.17) is 0 Å². The van der Waals surface area contributed by atoms with Crippen LogP contribution in [0, 0.1) is 0 Å². The molecule has 1 aliphatic heterocycles. The van der Waals surface area contributed by atoms with Crippen molar-refractivity contribution in [2.45, 2.75) is 31.2 Å². The molecule has 0 amide bonds. The molecule has 86 valence electrons. The monoisotopic (exact) mass is 219 g/mol. The van der Waals surface area contributed by atoms with Crippen LogP contribution in [0.2, 0.25) is 0 Å². The van der Waals surface area contributed by atoms with Gasteiger partial charge >= 0.3 is 5.97 Å². The van der Waals surface area contributed by atoms with Gasteiger partial charge < -0.3 is 10.4 Å². The minimum Gasteiger partial charge on any atom is -0.481 e. The molecule has 3 nitrogen and oxygen atoms in total. The molecule has 2 rings (SSSR count). The number of carboxylic acids is 1. The average Bonchev–Trinajstić information content (AvgIpc) is 2.31. The van der Waals surface area contributed by atoms with Crippen LogP contribution in [0.15, 0.2) is 30.3 Å². The van der Waals surface area contributed by atoms with Gasteiger partial charge in [-0.1, -0.05) is 36.8 Å². The first kappa shape index (κ1) is 11.1. The Labute approximate surface area is 95.5 Å². The van der Waals surface area contributed by atoms with E-state index in [9.17, 15) is 9.90 Å². The third-order valence-electron chi connectivity index (χ3n) is 3.18. The third-order valence-corrected chi connectivity index (χ3v) is 3.18. The van der Waals surface area contributed by atoms with Crippen LogP contribution in [0.1, 0.15) is 30.7 Å².